The van der Waals surface area contributed by atoms with Gasteiger partial charge in [-0.1, -0.05) is 13.8 Å². The summed E-state index contributed by atoms with van der Waals surface area (Å²) in [6.07, 6.45) is 2.83. The van der Waals surface area contributed by atoms with E-state index in [4.69, 9.17) is 10.5 Å². The number of ether oxygens (including phenoxy) is 1. The minimum atomic E-state index is -0.578. The number of hydrogen-bond acceptors (Lipinski definition) is 4. The molecule has 2 aromatic rings. The number of anilines is 1. The van der Waals surface area contributed by atoms with E-state index in [0.717, 1.165) is 0 Å². The molecule has 24 heavy (non-hydrogen) atoms. The van der Waals surface area contributed by atoms with E-state index < -0.39 is 5.41 Å². The molecule has 0 fully saturated rings. The second-order valence-electron chi connectivity index (χ2n) is 5.58. The normalized spacial score (nSPS) is 11.2. The van der Waals surface area contributed by atoms with Gasteiger partial charge in [0.15, 0.2) is 0 Å². The molecule has 3 N–H and O–H groups in total. The number of nitrogens with zero attached hydrogens (tertiary/aromatic N) is 1. The van der Waals surface area contributed by atoms with Gasteiger partial charge in [0, 0.05) is 6.54 Å². The number of carbonyl (C=O) groups is 1. The molecule has 1 heterocycles. The Morgan fingerprint density at radius 2 is 1.79 bits per heavy atom. The van der Waals surface area contributed by atoms with Gasteiger partial charge in [-0.25, -0.2) is 9.37 Å². The van der Waals surface area contributed by atoms with Crippen molar-refractivity contribution in [2.45, 2.75) is 26.7 Å². The third-order valence-corrected chi connectivity index (χ3v) is 4.25. The zero-order valence-corrected chi connectivity index (χ0v) is 13.9. The molecule has 1 amide bonds. The summed E-state index contributed by atoms with van der Waals surface area (Å²) in [5, 5.41) is 2.80. The second-order valence-corrected chi connectivity index (χ2v) is 5.58. The van der Waals surface area contributed by atoms with Crippen LogP contribution >= 0.6 is 0 Å². The average molecular weight is 331 g/mol. The van der Waals surface area contributed by atoms with Crippen LogP contribution in [0.15, 0.2) is 42.6 Å². The van der Waals surface area contributed by atoms with E-state index in [1.165, 1.54) is 30.5 Å². The molecule has 0 saturated carbocycles. The third-order valence-electron chi connectivity index (χ3n) is 4.25. The van der Waals surface area contributed by atoms with Gasteiger partial charge in [0.25, 0.3) is 0 Å². The monoisotopic (exact) mass is 331 g/mol. The summed E-state index contributed by atoms with van der Waals surface area (Å²) in [7, 11) is 0. The Hall–Kier alpha value is -2.47. The van der Waals surface area contributed by atoms with Crippen molar-refractivity contribution < 1.29 is 13.9 Å². The number of nitrogens with one attached hydrogen (secondary N) is 1. The van der Waals surface area contributed by atoms with Crippen LogP contribution in [-0.2, 0) is 4.79 Å². The van der Waals surface area contributed by atoms with E-state index in [1.807, 2.05) is 13.8 Å². The van der Waals surface area contributed by atoms with Crippen LogP contribution in [0.5, 0.6) is 11.5 Å². The zero-order chi connectivity index (χ0) is 17.6. The molecule has 5 nitrogen and oxygen atoms in total. The Morgan fingerprint density at radius 3 is 2.29 bits per heavy atom. The average Bonchev–Trinajstić information content (AvgIpc) is 2.61. The number of aromatic nitrogens is 1. The van der Waals surface area contributed by atoms with E-state index >= 15 is 0 Å². The van der Waals surface area contributed by atoms with Gasteiger partial charge in [0.2, 0.25) is 5.91 Å². The second kappa shape index (κ2) is 7.88. The highest BCUT2D eigenvalue weighted by molar-refractivity contribution is 5.94. The van der Waals surface area contributed by atoms with Crippen molar-refractivity contribution in [3.05, 3.63) is 48.4 Å². The minimum absolute atomic E-state index is 0.130. The van der Waals surface area contributed by atoms with Crippen molar-refractivity contribution in [3.8, 4) is 11.5 Å². The van der Waals surface area contributed by atoms with Crippen LogP contribution in [0.3, 0.4) is 0 Å². The summed E-state index contributed by atoms with van der Waals surface area (Å²) in [4.78, 5) is 16.6. The predicted molar refractivity (Wildman–Crippen MR) is 91.4 cm³/mol. The fourth-order valence-corrected chi connectivity index (χ4v) is 2.35. The summed E-state index contributed by atoms with van der Waals surface area (Å²) in [6, 6.07) is 9.04. The maximum Gasteiger partial charge on any atom is 0.233 e. The summed E-state index contributed by atoms with van der Waals surface area (Å²) in [5.41, 5.74) is 5.20. The van der Waals surface area contributed by atoms with Gasteiger partial charge < -0.3 is 15.8 Å². The molecule has 6 heteroatoms. The first-order valence-corrected chi connectivity index (χ1v) is 7.94. The van der Waals surface area contributed by atoms with Gasteiger partial charge in [-0.15, -0.1) is 0 Å². The number of carbonyl (C=O) groups excluding carboxylic acids is 1. The van der Waals surface area contributed by atoms with Gasteiger partial charge in [-0.3, -0.25) is 4.79 Å². The molecular weight excluding hydrogens is 309 g/mol. The molecule has 1 aromatic heterocycles. The van der Waals surface area contributed by atoms with Crippen LogP contribution in [0.2, 0.25) is 0 Å². The van der Waals surface area contributed by atoms with Crippen molar-refractivity contribution >= 4 is 11.7 Å². The number of pyridine rings is 1. The Morgan fingerprint density at radius 1 is 1.17 bits per heavy atom. The molecule has 0 atom stereocenters. The maximum atomic E-state index is 12.9. The molecule has 0 spiro atoms. The molecule has 0 aliphatic carbocycles. The quantitative estimate of drug-likeness (QED) is 0.810. The van der Waals surface area contributed by atoms with E-state index in [-0.39, 0.29) is 18.3 Å². The lowest BCUT2D eigenvalue weighted by atomic mass is 9.81. The highest BCUT2D eigenvalue weighted by atomic mass is 19.1. The van der Waals surface area contributed by atoms with E-state index in [9.17, 15) is 9.18 Å². The lowest BCUT2D eigenvalue weighted by Gasteiger charge is -2.28. The van der Waals surface area contributed by atoms with Gasteiger partial charge >= 0.3 is 0 Å². The molecule has 0 radical (unpaired) electrons. The fourth-order valence-electron chi connectivity index (χ4n) is 2.35. The lowest BCUT2D eigenvalue weighted by molar-refractivity contribution is -0.125. The first-order chi connectivity index (χ1) is 11.5. The minimum Gasteiger partial charge on any atom is -0.456 e. The van der Waals surface area contributed by atoms with Crippen molar-refractivity contribution in [1.82, 2.24) is 4.98 Å². The van der Waals surface area contributed by atoms with Crippen LogP contribution in [0.4, 0.5) is 10.2 Å². The summed E-state index contributed by atoms with van der Waals surface area (Å²) < 4.78 is 18.4. The smallest absolute Gasteiger partial charge is 0.233 e. The van der Waals surface area contributed by atoms with Crippen LogP contribution in [0.25, 0.3) is 0 Å². The summed E-state index contributed by atoms with van der Waals surface area (Å²) in [6.45, 7) is 4.18. The molecular formula is C18H22FN3O2. The number of rotatable bonds is 7. The number of nitrogens with two attached hydrogens (primary N) is 1. The Labute approximate surface area is 141 Å². The Bertz CT molecular complexity index is 659. The fraction of sp³-hybridized carbons (Fsp3) is 0.333. The van der Waals surface area contributed by atoms with Crippen molar-refractivity contribution in [3.63, 3.8) is 0 Å². The van der Waals surface area contributed by atoms with Gasteiger partial charge in [0.1, 0.15) is 23.1 Å². The highest BCUT2D eigenvalue weighted by Gasteiger charge is 2.33. The van der Waals surface area contributed by atoms with E-state index in [1.54, 1.807) is 12.1 Å². The Kier molecular flexibility index (Phi) is 5.87. The highest BCUT2D eigenvalue weighted by Crippen LogP contribution is 2.27. The van der Waals surface area contributed by atoms with Crippen LogP contribution in [0.1, 0.15) is 26.7 Å². The van der Waals surface area contributed by atoms with Gasteiger partial charge in [0.05, 0.1) is 11.6 Å². The number of hydrogen-bond donors (Lipinski definition) is 2. The predicted octanol–water partition coefficient (Wildman–Crippen LogP) is 3.72. The van der Waals surface area contributed by atoms with Crippen LogP contribution in [-0.4, -0.2) is 17.4 Å². The van der Waals surface area contributed by atoms with E-state index in [2.05, 4.69) is 10.3 Å². The van der Waals surface area contributed by atoms with Crippen molar-refractivity contribution in [2.24, 2.45) is 11.1 Å². The molecule has 0 bridgehead atoms. The molecule has 1 aromatic carbocycles. The standard InChI is InChI=1S/C18H22FN3O2/c1-3-18(4-2,12-20)17(23)22-16-10-9-15(11-21-16)24-14-7-5-13(19)6-8-14/h5-11H,3-4,12,20H2,1-2H3,(H,21,22,23). The molecule has 128 valence electrons. The maximum absolute atomic E-state index is 12.9. The SMILES string of the molecule is CCC(CC)(CN)C(=O)Nc1ccc(Oc2ccc(F)cc2)cn1. The zero-order valence-electron chi connectivity index (χ0n) is 13.9. The largest absolute Gasteiger partial charge is 0.456 e. The summed E-state index contributed by atoms with van der Waals surface area (Å²) >= 11 is 0. The first-order valence-electron chi connectivity index (χ1n) is 7.94. The first kappa shape index (κ1) is 17.9. The number of amides is 1. The van der Waals surface area contributed by atoms with E-state index in [0.29, 0.717) is 30.2 Å². The topological polar surface area (TPSA) is 77.2 Å². The van der Waals surface area contributed by atoms with Crippen LogP contribution < -0.4 is 15.8 Å². The van der Waals surface area contributed by atoms with Gasteiger partial charge in [-0.2, -0.15) is 0 Å². The van der Waals surface area contributed by atoms with Crippen molar-refractivity contribution in [2.75, 3.05) is 11.9 Å². The third kappa shape index (κ3) is 4.08. The van der Waals surface area contributed by atoms with Crippen LogP contribution in [0, 0.1) is 11.2 Å². The van der Waals surface area contributed by atoms with Crippen molar-refractivity contribution in [1.29, 1.82) is 0 Å². The molecule has 0 saturated heterocycles. The Balaban J connectivity index is 2.04. The van der Waals surface area contributed by atoms with Gasteiger partial charge in [-0.05, 0) is 49.2 Å². The molecule has 2 rings (SSSR count). The number of benzene rings is 1. The molecule has 0 aliphatic heterocycles. The molecule has 0 unspecified atom stereocenters. The molecule has 0 aliphatic rings. The summed E-state index contributed by atoms with van der Waals surface area (Å²) in [5.74, 6) is 0.986. The number of halogens is 1. The lowest BCUT2D eigenvalue weighted by Crippen LogP contribution is -2.41.